The number of ether oxygens (including phenoxy) is 1. The number of imidazole rings is 1. The highest BCUT2D eigenvalue weighted by atomic mass is 35.5. The molecule has 2 rings (SSSR count). The molecule has 0 aliphatic heterocycles. The number of carboxylic acid groups (broad SMARTS) is 1. The minimum absolute atomic E-state index is 0. The van der Waals surface area contributed by atoms with E-state index in [1.54, 1.807) is 16.5 Å². The number of fused-ring (bicyclic) bond motifs is 1. The van der Waals surface area contributed by atoms with Crippen LogP contribution in [0.2, 0.25) is 0 Å². The van der Waals surface area contributed by atoms with Gasteiger partial charge in [-0.05, 0) is 19.1 Å². The summed E-state index contributed by atoms with van der Waals surface area (Å²) in [4.78, 5) is 14.6. The quantitative estimate of drug-likeness (QED) is 0.887. The Kier molecular flexibility index (Phi) is 3.73. The van der Waals surface area contributed by atoms with Gasteiger partial charge < -0.3 is 14.2 Å². The van der Waals surface area contributed by atoms with Gasteiger partial charge in [-0.25, -0.2) is 9.78 Å². The number of hydrogen-bond acceptors (Lipinski definition) is 3. The standard InChI is InChI=1S/C10H10N2O3.ClH/c1-7-5-12-4-2-3-8(10(12)11-7)15-6-9(13)14;/h2-5H,6H2,1H3,(H,13,14);1H. The van der Waals surface area contributed by atoms with Gasteiger partial charge in [-0.2, -0.15) is 0 Å². The zero-order chi connectivity index (χ0) is 10.8. The molecule has 2 aromatic rings. The molecule has 5 nitrogen and oxygen atoms in total. The van der Waals surface area contributed by atoms with Crippen LogP contribution in [-0.2, 0) is 4.79 Å². The first-order valence-electron chi connectivity index (χ1n) is 4.46. The van der Waals surface area contributed by atoms with E-state index < -0.39 is 5.97 Å². The molecule has 86 valence electrons. The van der Waals surface area contributed by atoms with Crippen molar-refractivity contribution in [2.75, 3.05) is 6.61 Å². The van der Waals surface area contributed by atoms with E-state index in [1.807, 2.05) is 19.3 Å². The molecule has 0 aromatic carbocycles. The molecule has 0 amide bonds. The van der Waals surface area contributed by atoms with E-state index in [2.05, 4.69) is 4.98 Å². The third-order valence-electron chi connectivity index (χ3n) is 1.92. The first-order chi connectivity index (χ1) is 7.16. The molecule has 0 spiro atoms. The minimum Gasteiger partial charge on any atom is -0.479 e. The molecule has 0 aliphatic carbocycles. The Labute approximate surface area is 98.1 Å². The summed E-state index contributed by atoms with van der Waals surface area (Å²) in [5, 5.41) is 8.50. The molecule has 0 saturated heterocycles. The van der Waals surface area contributed by atoms with Crippen LogP contribution in [0.1, 0.15) is 5.69 Å². The summed E-state index contributed by atoms with van der Waals surface area (Å²) < 4.78 is 6.91. The SMILES string of the molecule is Cc1cn2cccc(OCC(=O)O)c2n1.Cl. The van der Waals surface area contributed by atoms with Crippen LogP contribution in [0, 0.1) is 6.92 Å². The predicted molar refractivity (Wildman–Crippen MR) is 60.3 cm³/mol. The Morgan fingerprint density at radius 2 is 2.38 bits per heavy atom. The summed E-state index contributed by atoms with van der Waals surface area (Å²) in [6.45, 7) is 1.51. The molecular weight excluding hydrogens is 232 g/mol. The molecule has 2 aromatic heterocycles. The Bertz CT molecular complexity index is 510. The lowest BCUT2D eigenvalue weighted by molar-refractivity contribution is -0.139. The lowest BCUT2D eigenvalue weighted by Crippen LogP contribution is -2.10. The highest BCUT2D eigenvalue weighted by molar-refractivity contribution is 5.85. The number of aromatic nitrogens is 2. The van der Waals surface area contributed by atoms with Crippen molar-refractivity contribution in [2.24, 2.45) is 0 Å². The van der Waals surface area contributed by atoms with Crippen LogP contribution in [0.3, 0.4) is 0 Å². The van der Waals surface area contributed by atoms with E-state index >= 15 is 0 Å². The number of hydrogen-bond donors (Lipinski definition) is 1. The van der Waals surface area contributed by atoms with Gasteiger partial charge in [-0.3, -0.25) is 0 Å². The summed E-state index contributed by atoms with van der Waals surface area (Å²) >= 11 is 0. The molecule has 6 heteroatoms. The second-order valence-electron chi connectivity index (χ2n) is 3.17. The molecule has 2 heterocycles. The van der Waals surface area contributed by atoms with Gasteiger partial charge in [0.2, 0.25) is 0 Å². The summed E-state index contributed by atoms with van der Waals surface area (Å²) in [6, 6.07) is 3.48. The minimum atomic E-state index is -1.000. The van der Waals surface area contributed by atoms with Crippen molar-refractivity contribution in [2.45, 2.75) is 6.92 Å². The number of aryl methyl sites for hydroxylation is 1. The Morgan fingerprint density at radius 1 is 1.62 bits per heavy atom. The first kappa shape index (κ1) is 12.3. The molecule has 0 atom stereocenters. The van der Waals surface area contributed by atoms with Gasteiger partial charge in [-0.1, -0.05) is 0 Å². The van der Waals surface area contributed by atoms with Gasteiger partial charge in [0, 0.05) is 12.4 Å². The Morgan fingerprint density at radius 3 is 3.06 bits per heavy atom. The van der Waals surface area contributed by atoms with E-state index in [0.717, 1.165) is 5.69 Å². The van der Waals surface area contributed by atoms with E-state index in [-0.39, 0.29) is 19.0 Å². The fraction of sp³-hybridized carbons (Fsp3) is 0.200. The predicted octanol–water partition coefficient (Wildman–Crippen LogP) is 1.53. The van der Waals surface area contributed by atoms with E-state index in [0.29, 0.717) is 11.4 Å². The number of carboxylic acids is 1. The molecule has 16 heavy (non-hydrogen) atoms. The second-order valence-corrected chi connectivity index (χ2v) is 3.17. The molecule has 0 fully saturated rings. The van der Waals surface area contributed by atoms with Crippen LogP contribution >= 0.6 is 12.4 Å². The topological polar surface area (TPSA) is 63.8 Å². The normalized spacial score (nSPS) is 9.81. The number of rotatable bonds is 3. The smallest absolute Gasteiger partial charge is 0.341 e. The zero-order valence-corrected chi connectivity index (χ0v) is 9.40. The lowest BCUT2D eigenvalue weighted by Gasteiger charge is -2.03. The zero-order valence-electron chi connectivity index (χ0n) is 8.58. The number of aliphatic carboxylic acids is 1. The van der Waals surface area contributed by atoms with Gasteiger partial charge >= 0.3 is 5.97 Å². The molecular formula is C10H11ClN2O3. The maximum atomic E-state index is 10.4. The average Bonchev–Trinajstić information content (AvgIpc) is 2.55. The maximum Gasteiger partial charge on any atom is 0.341 e. The lowest BCUT2D eigenvalue weighted by atomic mass is 10.4. The van der Waals surface area contributed by atoms with Crippen LogP contribution in [0.15, 0.2) is 24.5 Å². The van der Waals surface area contributed by atoms with E-state index in [9.17, 15) is 4.79 Å². The number of halogens is 1. The van der Waals surface area contributed by atoms with Crippen LogP contribution < -0.4 is 4.74 Å². The second kappa shape index (κ2) is 4.85. The van der Waals surface area contributed by atoms with Crippen LogP contribution in [-0.4, -0.2) is 27.1 Å². The van der Waals surface area contributed by atoms with Gasteiger partial charge in [0.05, 0.1) is 5.69 Å². The van der Waals surface area contributed by atoms with Gasteiger partial charge in [0.1, 0.15) is 0 Å². The average molecular weight is 243 g/mol. The number of carbonyl (C=O) groups is 1. The molecule has 1 N–H and O–H groups in total. The van der Waals surface area contributed by atoms with Crippen LogP contribution in [0.5, 0.6) is 5.75 Å². The highest BCUT2D eigenvalue weighted by Crippen LogP contribution is 2.18. The molecule has 0 radical (unpaired) electrons. The Hall–Kier alpha value is -1.75. The van der Waals surface area contributed by atoms with Crippen molar-refractivity contribution in [3.8, 4) is 5.75 Å². The maximum absolute atomic E-state index is 10.4. The van der Waals surface area contributed by atoms with Crippen molar-refractivity contribution in [3.63, 3.8) is 0 Å². The summed E-state index contributed by atoms with van der Waals surface area (Å²) in [5.74, 6) is -0.520. The first-order valence-corrected chi connectivity index (χ1v) is 4.46. The van der Waals surface area contributed by atoms with Gasteiger partial charge in [0.15, 0.2) is 18.0 Å². The van der Waals surface area contributed by atoms with Crippen molar-refractivity contribution < 1.29 is 14.6 Å². The highest BCUT2D eigenvalue weighted by Gasteiger charge is 2.06. The largest absolute Gasteiger partial charge is 0.479 e. The third-order valence-corrected chi connectivity index (χ3v) is 1.92. The molecule has 0 saturated carbocycles. The van der Waals surface area contributed by atoms with Crippen molar-refractivity contribution >= 4 is 24.0 Å². The summed E-state index contributed by atoms with van der Waals surface area (Å²) in [7, 11) is 0. The molecule has 0 bridgehead atoms. The van der Waals surface area contributed by atoms with E-state index in [4.69, 9.17) is 9.84 Å². The van der Waals surface area contributed by atoms with Crippen molar-refractivity contribution in [3.05, 3.63) is 30.2 Å². The van der Waals surface area contributed by atoms with Crippen molar-refractivity contribution in [1.29, 1.82) is 0 Å². The monoisotopic (exact) mass is 242 g/mol. The van der Waals surface area contributed by atoms with Gasteiger partial charge in [-0.15, -0.1) is 12.4 Å². The number of nitrogens with zero attached hydrogens (tertiary/aromatic N) is 2. The fourth-order valence-corrected chi connectivity index (χ4v) is 1.36. The Balaban J connectivity index is 0.00000128. The van der Waals surface area contributed by atoms with E-state index in [1.165, 1.54) is 0 Å². The van der Waals surface area contributed by atoms with Gasteiger partial charge in [0.25, 0.3) is 0 Å². The van der Waals surface area contributed by atoms with Crippen molar-refractivity contribution in [1.82, 2.24) is 9.38 Å². The summed E-state index contributed by atoms with van der Waals surface area (Å²) in [5.41, 5.74) is 1.50. The van der Waals surface area contributed by atoms with Crippen LogP contribution in [0.25, 0.3) is 5.65 Å². The summed E-state index contributed by atoms with van der Waals surface area (Å²) in [6.07, 6.45) is 3.69. The van der Waals surface area contributed by atoms with Crippen LogP contribution in [0.4, 0.5) is 0 Å². The molecule has 0 unspecified atom stereocenters. The molecule has 0 aliphatic rings. The number of pyridine rings is 1. The third kappa shape index (κ3) is 2.43. The fourth-order valence-electron chi connectivity index (χ4n) is 1.36.